The summed E-state index contributed by atoms with van der Waals surface area (Å²) in [7, 11) is 2.96. The van der Waals surface area contributed by atoms with Crippen molar-refractivity contribution < 1.29 is 19.1 Å². The Kier molecular flexibility index (Phi) is 9.71. The molecule has 0 bridgehead atoms. The van der Waals surface area contributed by atoms with Crippen LogP contribution in [-0.2, 0) is 9.59 Å². The van der Waals surface area contributed by atoms with E-state index in [0.717, 1.165) is 6.42 Å². The number of carbonyl (C=O) groups excluding carboxylic acids is 2. The van der Waals surface area contributed by atoms with Crippen molar-refractivity contribution in [2.75, 3.05) is 44.5 Å². The van der Waals surface area contributed by atoms with E-state index in [1.165, 1.54) is 14.2 Å². The van der Waals surface area contributed by atoms with E-state index in [1.807, 2.05) is 6.92 Å². The van der Waals surface area contributed by atoms with Crippen molar-refractivity contribution in [1.29, 1.82) is 0 Å². The fourth-order valence-electron chi connectivity index (χ4n) is 2.86. The lowest BCUT2D eigenvalue weighted by molar-refractivity contribution is -0.120. The van der Waals surface area contributed by atoms with Gasteiger partial charge in [-0.1, -0.05) is 41.7 Å². The molecule has 0 radical (unpaired) electrons. The van der Waals surface area contributed by atoms with Crippen LogP contribution in [-0.4, -0.2) is 50.6 Å². The lowest BCUT2D eigenvalue weighted by atomic mass is 10.2. The van der Waals surface area contributed by atoms with E-state index < -0.39 is 0 Å². The molecule has 31 heavy (non-hydrogen) atoms. The van der Waals surface area contributed by atoms with E-state index in [0.29, 0.717) is 44.5 Å². The minimum atomic E-state index is -0.312. The van der Waals surface area contributed by atoms with Crippen molar-refractivity contribution in [3.05, 3.63) is 45.4 Å². The van der Waals surface area contributed by atoms with Crippen LogP contribution in [0.5, 0.6) is 11.5 Å². The molecule has 0 saturated heterocycles. The summed E-state index contributed by atoms with van der Waals surface area (Å²) in [6.07, 6.45) is 0.764. The molecule has 0 aromatic heterocycles. The summed E-state index contributed by atoms with van der Waals surface area (Å²) in [5.41, 5.74) is 0.873. The third-order valence-corrected chi connectivity index (χ3v) is 5.07. The molecule has 0 heterocycles. The van der Waals surface area contributed by atoms with Gasteiger partial charge in [0.25, 0.3) is 0 Å². The first-order valence-electron chi connectivity index (χ1n) is 9.46. The number of carbonyl (C=O) groups is 2. The standard InChI is InChI=1S/C21H24Cl3N3O4/c1-4-7-27(11-20(28)25-16-6-5-13(22)8-14(16)23)12-21(29)26-17-10-18(30-2)15(24)9-19(17)31-3/h5-6,8-10H,4,7,11-12H2,1-3H3,(H,25,28)(H,26,29). The largest absolute Gasteiger partial charge is 0.495 e. The predicted octanol–water partition coefficient (Wildman–Crippen LogP) is 4.95. The summed E-state index contributed by atoms with van der Waals surface area (Å²) in [5.74, 6) is 0.198. The van der Waals surface area contributed by atoms with Crippen LogP contribution in [0.25, 0.3) is 0 Å². The van der Waals surface area contributed by atoms with E-state index in [-0.39, 0.29) is 24.9 Å². The van der Waals surface area contributed by atoms with E-state index in [4.69, 9.17) is 44.3 Å². The smallest absolute Gasteiger partial charge is 0.238 e. The van der Waals surface area contributed by atoms with Crippen molar-refractivity contribution in [2.45, 2.75) is 13.3 Å². The molecule has 0 unspecified atom stereocenters. The minimum absolute atomic E-state index is 0.00368. The Balaban J connectivity index is 2.04. The number of benzene rings is 2. The molecule has 2 rings (SSSR count). The van der Waals surface area contributed by atoms with Crippen molar-refractivity contribution in [2.24, 2.45) is 0 Å². The molecule has 0 saturated carbocycles. The van der Waals surface area contributed by atoms with Crippen LogP contribution in [0.1, 0.15) is 13.3 Å². The van der Waals surface area contributed by atoms with Crippen LogP contribution in [0.3, 0.4) is 0 Å². The van der Waals surface area contributed by atoms with E-state index >= 15 is 0 Å². The van der Waals surface area contributed by atoms with Crippen LogP contribution in [0.15, 0.2) is 30.3 Å². The molecular weight excluding hydrogens is 465 g/mol. The summed E-state index contributed by atoms with van der Waals surface area (Å²) in [6.45, 7) is 2.53. The number of hydrogen-bond acceptors (Lipinski definition) is 5. The van der Waals surface area contributed by atoms with Gasteiger partial charge in [-0.3, -0.25) is 14.5 Å². The van der Waals surface area contributed by atoms with Crippen molar-refractivity contribution in [3.63, 3.8) is 0 Å². The van der Waals surface area contributed by atoms with Gasteiger partial charge in [-0.05, 0) is 31.2 Å². The topological polar surface area (TPSA) is 79.9 Å². The van der Waals surface area contributed by atoms with Gasteiger partial charge in [0.15, 0.2) is 0 Å². The first-order valence-corrected chi connectivity index (χ1v) is 10.6. The number of methoxy groups -OCH3 is 2. The minimum Gasteiger partial charge on any atom is -0.495 e. The molecule has 0 aliphatic rings. The zero-order valence-electron chi connectivity index (χ0n) is 17.4. The van der Waals surface area contributed by atoms with Crippen LogP contribution in [0, 0.1) is 0 Å². The van der Waals surface area contributed by atoms with Gasteiger partial charge in [-0.15, -0.1) is 0 Å². The Hall–Kier alpha value is -2.19. The maximum atomic E-state index is 12.6. The number of ether oxygens (including phenoxy) is 2. The summed E-state index contributed by atoms with van der Waals surface area (Å²) in [4.78, 5) is 26.8. The molecule has 0 spiro atoms. The van der Waals surface area contributed by atoms with Crippen LogP contribution < -0.4 is 20.1 Å². The van der Waals surface area contributed by atoms with Gasteiger partial charge in [0.1, 0.15) is 11.5 Å². The number of halogens is 3. The fourth-order valence-corrected chi connectivity index (χ4v) is 3.55. The average Bonchev–Trinajstić information content (AvgIpc) is 2.71. The molecule has 2 aromatic carbocycles. The molecule has 2 amide bonds. The zero-order chi connectivity index (χ0) is 23.0. The summed E-state index contributed by atoms with van der Waals surface area (Å²) >= 11 is 18.1. The summed E-state index contributed by atoms with van der Waals surface area (Å²) in [6, 6.07) is 7.94. The van der Waals surface area contributed by atoms with Gasteiger partial charge in [0.2, 0.25) is 11.8 Å². The average molecular weight is 489 g/mol. The number of nitrogens with zero attached hydrogens (tertiary/aromatic N) is 1. The predicted molar refractivity (Wildman–Crippen MR) is 125 cm³/mol. The molecule has 2 aromatic rings. The van der Waals surface area contributed by atoms with Crippen LogP contribution in [0.2, 0.25) is 15.1 Å². The van der Waals surface area contributed by atoms with Crippen LogP contribution >= 0.6 is 34.8 Å². The second-order valence-electron chi connectivity index (χ2n) is 6.62. The quantitative estimate of drug-likeness (QED) is 0.494. The number of rotatable bonds is 10. The van der Waals surface area contributed by atoms with Gasteiger partial charge >= 0.3 is 0 Å². The lowest BCUT2D eigenvalue weighted by Crippen LogP contribution is -2.39. The highest BCUT2D eigenvalue weighted by Crippen LogP contribution is 2.35. The first-order chi connectivity index (χ1) is 14.8. The molecule has 0 aliphatic heterocycles. The van der Waals surface area contributed by atoms with Gasteiger partial charge in [-0.25, -0.2) is 0 Å². The molecule has 168 valence electrons. The molecule has 0 fully saturated rings. The highest BCUT2D eigenvalue weighted by atomic mass is 35.5. The lowest BCUT2D eigenvalue weighted by Gasteiger charge is -2.21. The second-order valence-corrected chi connectivity index (χ2v) is 7.87. The maximum Gasteiger partial charge on any atom is 0.238 e. The number of anilines is 2. The Morgan fingerprint density at radius 3 is 2.03 bits per heavy atom. The Bertz CT molecular complexity index is 940. The van der Waals surface area contributed by atoms with Crippen molar-refractivity contribution >= 4 is 58.0 Å². The zero-order valence-corrected chi connectivity index (χ0v) is 19.7. The maximum absolute atomic E-state index is 12.6. The van der Waals surface area contributed by atoms with E-state index in [9.17, 15) is 9.59 Å². The highest BCUT2D eigenvalue weighted by Gasteiger charge is 2.17. The molecule has 10 heteroatoms. The number of amides is 2. The first kappa shape index (κ1) is 25.1. The van der Waals surface area contributed by atoms with Gasteiger partial charge in [0.05, 0.1) is 48.7 Å². The summed E-state index contributed by atoms with van der Waals surface area (Å²) in [5, 5.41) is 6.69. The van der Waals surface area contributed by atoms with Gasteiger partial charge < -0.3 is 20.1 Å². The van der Waals surface area contributed by atoms with E-state index in [2.05, 4.69) is 10.6 Å². The highest BCUT2D eigenvalue weighted by molar-refractivity contribution is 6.36. The third kappa shape index (κ3) is 7.47. The molecule has 7 nitrogen and oxygen atoms in total. The molecule has 2 N–H and O–H groups in total. The van der Waals surface area contributed by atoms with Crippen molar-refractivity contribution in [1.82, 2.24) is 4.90 Å². The second kappa shape index (κ2) is 12.0. The molecule has 0 aliphatic carbocycles. The van der Waals surface area contributed by atoms with Crippen LogP contribution in [0.4, 0.5) is 11.4 Å². The fraction of sp³-hybridized carbons (Fsp3) is 0.333. The number of nitrogens with one attached hydrogen (secondary N) is 2. The Labute approximate surface area is 196 Å². The molecular formula is C21H24Cl3N3O4. The molecule has 0 atom stereocenters. The monoisotopic (exact) mass is 487 g/mol. The van der Waals surface area contributed by atoms with Gasteiger partial charge in [-0.2, -0.15) is 0 Å². The van der Waals surface area contributed by atoms with E-state index in [1.54, 1.807) is 35.2 Å². The van der Waals surface area contributed by atoms with Crippen molar-refractivity contribution in [3.8, 4) is 11.5 Å². The number of hydrogen-bond donors (Lipinski definition) is 2. The third-order valence-electron chi connectivity index (χ3n) is 4.23. The van der Waals surface area contributed by atoms with Gasteiger partial charge in [0, 0.05) is 17.2 Å². The summed E-state index contributed by atoms with van der Waals surface area (Å²) < 4.78 is 10.5. The Morgan fingerprint density at radius 1 is 0.871 bits per heavy atom. The normalized spacial score (nSPS) is 10.7. The Morgan fingerprint density at radius 2 is 1.48 bits per heavy atom. The SMILES string of the molecule is CCCN(CC(=O)Nc1ccc(Cl)cc1Cl)CC(=O)Nc1cc(OC)c(Cl)cc1OC.